The first kappa shape index (κ1) is 27.8. The van der Waals surface area contributed by atoms with E-state index in [0.717, 1.165) is 0 Å². The number of alkyl halides is 2. The topological polar surface area (TPSA) is 115 Å². The highest BCUT2D eigenvalue weighted by Crippen LogP contribution is 2.37. The van der Waals surface area contributed by atoms with Crippen molar-refractivity contribution in [2.24, 2.45) is 0 Å². The second-order valence-corrected chi connectivity index (χ2v) is 9.38. The van der Waals surface area contributed by atoms with Gasteiger partial charge in [-0.3, -0.25) is 0 Å². The molecule has 0 radical (unpaired) electrons. The summed E-state index contributed by atoms with van der Waals surface area (Å²) in [7, 11) is 1.72. The zero-order valence-electron chi connectivity index (χ0n) is 20.8. The maximum absolute atomic E-state index is 14.3. The smallest absolute Gasteiger partial charge is 0.265 e. The number of anilines is 1. The Bertz CT molecular complexity index is 1150. The molecule has 0 spiro atoms. The number of benzene rings is 1. The van der Waals surface area contributed by atoms with Crippen molar-refractivity contribution in [1.82, 2.24) is 15.3 Å². The minimum atomic E-state index is -2.86. The molecule has 0 bridgehead atoms. The second-order valence-electron chi connectivity index (χ2n) is 8.98. The van der Waals surface area contributed by atoms with Gasteiger partial charge in [0.15, 0.2) is 5.82 Å². The molecule has 0 aliphatic carbocycles. The molecule has 1 atom stereocenters. The minimum absolute atomic E-state index is 0.0413. The lowest BCUT2D eigenvalue weighted by atomic mass is 10.0. The number of aliphatic hydroxyl groups excluding tert-OH is 2. The van der Waals surface area contributed by atoms with E-state index in [-0.39, 0.29) is 41.6 Å². The van der Waals surface area contributed by atoms with Crippen LogP contribution in [-0.4, -0.2) is 71.2 Å². The lowest BCUT2D eigenvalue weighted by Crippen LogP contribution is -2.43. The van der Waals surface area contributed by atoms with E-state index in [1.54, 1.807) is 32.2 Å². The van der Waals surface area contributed by atoms with Gasteiger partial charge in [0.1, 0.15) is 30.0 Å². The summed E-state index contributed by atoms with van der Waals surface area (Å²) in [5.74, 6) is -2.13. The summed E-state index contributed by atoms with van der Waals surface area (Å²) in [5, 5.41) is 31.6. The molecule has 1 saturated heterocycles. The molecule has 1 fully saturated rings. The third-order valence-electron chi connectivity index (χ3n) is 5.85. The molecule has 4 N–H and O–H groups in total. The quantitative estimate of drug-likeness (QED) is 0.280. The van der Waals surface area contributed by atoms with Crippen LogP contribution in [0.5, 0.6) is 5.75 Å². The van der Waals surface area contributed by atoms with Crippen LogP contribution >= 0.6 is 11.6 Å². The third kappa shape index (κ3) is 6.48. The van der Waals surface area contributed by atoms with Crippen LogP contribution < -0.4 is 15.0 Å². The number of aliphatic hydroxyl groups is 2. The van der Waals surface area contributed by atoms with Crippen molar-refractivity contribution >= 4 is 28.7 Å². The first-order valence-electron chi connectivity index (χ1n) is 11.7. The molecule has 1 aliphatic heterocycles. The normalized spacial score (nSPS) is 16.9. The van der Waals surface area contributed by atoms with E-state index in [1.165, 1.54) is 18.7 Å². The van der Waals surface area contributed by atoms with Gasteiger partial charge in [0.2, 0.25) is 0 Å². The van der Waals surface area contributed by atoms with Crippen LogP contribution in [0.2, 0.25) is 5.02 Å². The molecule has 2 heterocycles. The van der Waals surface area contributed by atoms with Gasteiger partial charge in [-0.25, -0.2) is 18.7 Å². The van der Waals surface area contributed by atoms with Crippen LogP contribution in [0.1, 0.15) is 37.9 Å². The standard InChI is InChI=1S/C25H32ClF2N5O3/c1-14-22(21(15(2)29)16(3)34)31-23(32-24(14)33-9-5-8-25(27,28)13-33)19-10-18(6-7-20(19)26)36-12-17(35)11-30-4/h6-7,10,17,29-30,34-35H,5,8-9,11-13H2,1-4H3/b21-16+,29-15?/t17-/m1/s1. The summed E-state index contributed by atoms with van der Waals surface area (Å²) in [6, 6.07) is 4.86. The SMILES string of the molecule is CNC[C@@H](O)COc1ccc(Cl)c(-c2nc(/C(C(C)=N)=C(\C)O)c(C)c(N3CCCC(F)(F)C3)n2)c1. The molecule has 11 heteroatoms. The molecule has 196 valence electrons. The van der Waals surface area contributed by atoms with Gasteiger partial charge in [-0.1, -0.05) is 11.6 Å². The van der Waals surface area contributed by atoms with E-state index in [2.05, 4.69) is 15.3 Å². The van der Waals surface area contributed by atoms with Crippen molar-refractivity contribution in [2.75, 3.05) is 38.2 Å². The summed E-state index contributed by atoms with van der Waals surface area (Å²) >= 11 is 6.49. The predicted molar refractivity (Wildman–Crippen MR) is 138 cm³/mol. The summed E-state index contributed by atoms with van der Waals surface area (Å²) in [4.78, 5) is 10.8. The van der Waals surface area contributed by atoms with E-state index >= 15 is 0 Å². The number of nitrogens with zero attached hydrogens (tertiary/aromatic N) is 3. The van der Waals surface area contributed by atoms with Gasteiger partial charge >= 0.3 is 0 Å². The van der Waals surface area contributed by atoms with E-state index in [4.69, 9.17) is 21.7 Å². The average molecular weight is 524 g/mol. The van der Waals surface area contributed by atoms with Gasteiger partial charge < -0.3 is 30.6 Å². The fourth-order valence-electron chi connectivity index (χ4n) is 4.20. The predicted octanol–water partition coefficient (Wildman–Crippen LogP) is 4.63. The fourth-order valence-corrected chi connectivity index (χ4v) is 4.40. The molecule has 2 aromatic rings. The lowest BCUT2D eigenvalue weighted by Gasteiger charge is -2.34. The van der Waals surface area contributed by atoms with E-state index in [9.17, 15) is 19.0 Å². The highest BCUT2D eigenvalue weighted by atomic mass is 35.5. The molecule has 0 unspecified atom stereocenters. The summed E-state index contributed by atoms with van der Waals surface area (Å²) < 4.78 is 34.3. The maximum atomic E-state index is 14.3. The summed E-state index contributed by atoms with van der Waals surface area (Å²) in [6.45, 7) is 4.94. The first-order chi connectivity index (χ1) is 16.9. The molecule has 1 aromatic carbocycles. The number of halogens is 3. The summed E-state index contributed by atoms with van der Waals surface area (Å²) in [6.07, 6.45) is -0.622. The highest BCUT2D eigenvalue weighted by Gasteiger charge is 2.37. The number of rotatable bonds is 9. The molecule has 8 nitrogen and oxygen atoms in total. The Morgan fingerprint density at radius 2 is 2.06 bits per heavy atom. The molecular weight excluding hydrogens is 492 g/mol. The monoisotopic (exact) mass is 523 g/mol. The Kier molecular flexibility index (Phi) is 8.86. The number of aromatic nitrogens is 2. The van der Waals surface area contributed by atoms with Gasteiger partial charge in [-0.15, -0.1) is 0 Å². The molecular formula is C25H32ClF2N5O3. The zero-order valence-corrected chi connectivity index (χ0v) is 21.6. The average Bonchev–Trinajstić information content (AvgIpc) is 2.79. The maximum Gasteiger partial charge on any atom is 0.265 e. The van der Waals surface area contributed by atoms with E-state index < -0.39 is 18.6 Å². The Labute approximate surface area is 214 Å². The van der Waals surface area contributed by atoms with Crippen molar-refractivity contribution < 1.29 is 23.7 Å². The Morgan fingerprint density at radius 3 is 2.67 bits per heavy atom. The number of allylic oxidation sites excluding steroid dienone is 2. The summed E-state index contributed by atoms with van der Waals surface area (Å²) in [5.41, 5.74) is 1.40. The lowest BCUT2D eigenvalue weighted by molar-refractivity contribution is -0.0118. The van der Waals surface area contributed by atoms with Crippen molar-refractivity contribution in [3.8, 4) is 17.1 Å². The molecule has 0 saturated carbocycles. The van der Waals surface area contributed by atoms with Crippen molar-refractivity contribution in [2.45, 2.75) is 45.6 Å². The third-order valence-corrected chi connectivity index (χ3v) is 6.18. The van der Waals surface area contributed by atoms with Crippen LogP contribution in [0.3, 0.4) is 0 Å². The molecule has 0 amide bonds. The van der Waals surface area contributed by atoms with Crippen molar-refractivity contribution in [3.05, 3.63) is 40.2 Å². The van der Waals surface area contributed by atoms with Crippen molar-refractivity contribution in [1.29, 1.82) is 5.41 Å². The number of likely N-dealkylation sites (N-methyl/N-ethyl adjacent to an activating group) is 1. The number of hydrogen-bond acceptors (Lipinski definition) is 8. The molecule has 1 aliphatic rings. The Hall–Kier alpha value is -2.82. The minimum Gasteiger partial charge on any atom is -0.512 e. The zero-order chi connectivity index (χ0) is 26.6. The van der Waals surface area contributed by atoms with Crippen molar-refractivity contribution in [3.63, 3.8) is 0 Å². The largest absolute Gasteiger partial charge is 0.512 e. The van der Waals surface area contributed by atoms with Gasteiger partial charge in [0.05, 0.1) is 22.8 Å². The fraction of sp³-hybridized carbons (Fsp3) is 0.480. The molecule has 3 rings (SSSR count). The number of nitrogens with one attached hydrogen (secondary N) is 2. The Morgan fingerprint density at radius 1 is 1.33 bits per heavy atom. The van der Waals surface area contributed by atoms with Crippen LogP contribution in [0.25, 0.3) is 17.0 Å². The van der Waals surface area contributed by atoms with E-state index in [0.29, 0.717) is 47.2 Å². The van der Waals surface area contributed by atoms with Gasteiger partial charge in [0, 0.05) is 36.3 Å². The first-order valence-corrected chi connectivity index (χ1v) is 12.0. The number of ether oxygens (including phenoxy) is 1. The number of hydrogen-bond donors (Lipinski definition) is 4. The van der Waals surface area contributed by atoms with Crippen LogP contribution in [0.15, 0.2) is 24.0 Å². The van der Waals surface area contributed by atoms with E-state index in [1.807, 2.05) is 0 Å². The molecule has 36 heavy (non-hydrogen) atoms. The van der Waals surface area contributed by atoms with Gasteiger partial charge in [-0.2, -0.15) is 0 Å². The second kappa shape index (κ2) is 11.5. The highest BCUT2D eigenvalue weighted by molar-refractivity contribution is 6.33. The Balaban J connectivity index is 2.15. The van der Waals surface area contributed by atoms with Gasteiger partial charge in [0.25, 0.3) is 5.92 Å². The number of piperidine rings is 1. The molecule has 1 aromatic heterocycles. The van der Waals surface area contributed by atoms with Crippen LogP contribution in [-0.2, 0) is 0 Å². The van der Waals surface area contributed by atoms with Crippen LogP contribution in [0, 0.1) is 12.3 Å². The van der Waals surface area contributed by atoms with Gasteiger partial charge in [-0.05, 0) is 52.4 Å². The van der Waals surface area contributed by atoms with Crippen LogP contribution in [0.4, 0.5) is 14.6 Å².